The van der Waals surface area contributed by atoms with E-state index in [2.05, 4.69) is 94.6 Å². The Labute approximate surface area is 181 Å². The predicted molar refractivity (Wildman–Crippen MR) is 130 cm³/mol. The van der Waals surface area contributed by atoms with E-state index < -0.39 is 0 Å². The highest BCUT2D eigenvalue weighted by molar-refractivity contribution is 5.70. The maximum Gasteiger partial charge on any atom is 0.119 e. The van der Waals surface area contributed by atoms with E-state index in [-0.39, 0.29) is 5.54 Å². The predicted octanol–water partition coefficient (Wildman–Crippen LogP) is 7.53. The zero-order chi connectivity index (χ0) is 21.7. The van der Waals surface area contributed by atoms with Crippen LogP contribution in [-0.4, -0.2) is 7.11 Å². The smallest absolute Gasteiger partial charge is 0.119 e. The summed E-state index contributed by atoms with van der Waals surface area (Å²) >= 11 is 0. The quantitative estimate of drug-likeness (QED) is 0.415. The van der Waals surface area contributed by atoms with Crippen LogP contribution in [-0.2, 0) is 5.54 Å². The molecule has 156 valence electrons. The van der Waals surface area contributed by atoms with Gasteiger partial charge >= 0.3 is 0 Å². The highest BCUT2D eigenvalue weighted by Gasteiger charge is 2.25. The fourth-order valence-electron chi connectivity index (χ4n) is 3.92. The van der Waals surface area contributed by atoms with Gasteiger partial charge in [0.05, 0.1) is 12.6 Å². The van der Waals surface area contributed by atoms with Gasteiger partial charge in [-0.25, -0.2) is 0 Å². The molecule has 0 radical (unpaired) electrons. The average molecular weight is 400 g/mol. The van der Waals surface area contributed by atoms with Crippen LogP contribution in [0.2, 0.25) is 0 Å². The molecule has 1 unspecified atom stereocenters. The third kappa shape index (κ3) is 4.94. The van der Waals surface area contributed by atoms with Crippen LogP contribution >= 0.6 is 0 Å². The summed E-state index contributed by atoms with van der Waals surface area (Å²) in [4.78, 5) is 0. The van der Waals surface area contributed by atoms with E-state index in [1.807, 2.05) is 18.2 Å². The molecule has 0 aliphatic heterocycles. The van der Waals surface area contributed by atoms with E-state index in [1.54, 1.807) is 7.11 Å². The lowest BCUT2D eigenvalue weighted by atomic mass is 9.87. The Morgan fingerprint density at radius 1 is 0.867 bits per heavy atom. The van der Waals surface area contributed by atoms with Gasteiger partial charge in [-0.1, -0.05) is 73.2 Å². The molecule has 0 heterocycles. The maximum absolute atomic E-state index is 5.30. The van der Waals surface area contributed by atoms with Crippen molar-refractivity contribution in [3.05, 3.63) is 94.0 Å². The molecule has 2 heteroatoms. The van der Waals surface area contributed by atoms with Crippen LogP contribution in [0.1, 0.15) is 53.6 Å². The zero-order valence-electron chi connectivity index (χ0n) is 19.0. The first-order chi connectivity index (χ1) is 14.3. The molecule has 0 spiro atoms. The number of anilines is 1. The van der Waals surface area contributed by atoms with E-state index in [0.717, 1.165) is 17.7 Å². The molecule has 1 N–H and O–H groups in total. The molecular formula is C28H33NO. The van der Waals surface area contributed by atoms with Gasteiger partial charge in [0.25, 0.3) is 0 Å². The summed E-state index contributed by atoms with van der Waals surface area (Å²) in [7, 11) is 1.69. The van der Waals surface area contributed by atoms with Crippen LogP contribution in [0.25, 0.3) is 12.2 Å². The molecule has 0 bridgehead atoms. The molecule has 3 rings (SSSR count). The largest absolute Gasteiger partial charge is 0.497 e. The molecule has 0 saturated heterocycles. The fourth-order valence-corrected chi connectivity index (χ4v) is 3.92. The van der Waals surface area contributed by atoms with E-state index in [1.165, 1.54) is 33.5 Å². The summed E-state index contributed by atoms with van der Waals surface area (Å²) < 4.78 is 5.30. The zero-order valence-corrected chi connectivity index (χ0v) is 19.0. The van der Waals surface area contributed by atoms with Crippen molar-refractivity contribution in [2.24, 2.45) is 0 Å². The topological polar surface area (TPSA) is 21.3 Å². The van der Waals surface area contributed by atoms with Crippen molar-refractivity contribution in [2.75, 3.05) is 12.4 Å². The first-order valence-corrected chi connectivity index (χ1v) is 10.6. The van der Waals surface area contributed by atoms with E-state index in [0.29, 0.717) is 0 Å². The van der Waals surface area contributed by atoms with Gasteiger partial charge in [-0.3, -0.25) is 0 Å². The lowest BCUT2D eigenvalue weighted by molar-refractivity contribution is 0.414. The molecule has 3 aromatic carbocycles. The minimum absolute atomic E-state index is 0.125. The van der Waals surface area contributed by atoms with Crippen molar-refractivity contribution in [3.8, 4) is 5.75 Å². The molecule has 0 aliphatic carbocycles. The van der Waals surface area contributed by atoms with Crippen molar-refractivity contribution in [2.45, 2.75) is 46.6 Å². The van der Waals surface area contributed by atoms with Gasteiger partial charge < -0.3 is 10.1 Å². The Morgan fingerprint density at radius 2 is 1.50 bits per heavy atom. The summed E-state index contributed by atoms with van der Waals surface area (Å²) in [5.41, 5.74) is 8.62. The van der Waals surface area contributed by atoms with Crippen molar-refractivity contribution in [3.63, 3.8) is 0 Å². The van der Waals surface area contributed by atoms with Crippen LogP contribution in [0.4, 0.5) is 5.69 Å². The van der Waals surface area contributed by atoms with Gasteiger partial charge in [-0.2, -0.15) is 0 Å². The molecule has 1 atom stereocenters. The van der Waals surface area contributed by atoms with Crippen LogP contribution < -0.4 is 10.1 Å². The Balaban J connectivity index is 1.81. The second kappa shape index (κ2) is 9.21. The van der Waals surface area contributed by atoms with Crippen molar-refractivity contribution in [1.29, 1.82) is 0 Å². The highest BCUT2D eigenvalue weighted by atomic mass is 16.5. The molecular weight excluding hydrogens is 366 g/mol. The highest BCUT2D eigenvalue weighted by Crippen LogP contribution is 2.33. The van der Waals surface area contributed by atoms with Crippen molar-refractivity contribution < 1.29 is 4.74 Å². The number of hydrogen-bond acceptors (Lipinski definition) is 2. The Morgan fingerprint density at radius 3 is 2.10 bits per heavy atom. The number of nitrogens with one attached hydrogen (secondary N) is 1. The summed E-state index contributed by atoms with van der Waals surface area (Å²) in [5, 5.41) is 3.84. The van der Waals surface area contributed by atoms with Gasteiger partial charge in [0.15, 0.2) is 0 Å². The molecule has 30 heavy (non-hydrogen) atoms. The average Bonchev–Trinajstić information content (AvgIpc) is 2.75. The standard InChI is InChI=1S/C28H33NO/c1-7-28(5,29-27-21(3)17-20(2)18-22(27)4)25-15-13-23(14-16-25)11-12-24-9-8-10-26(19-24)30-6/h8-19,29H,7H2,1-6H3. The Hall–Kier alpha value is -3.00. The van der Waals surface area contributed by atoms with Crippen LogP contribution in [0.5, 0.6) is 5.75 Å². The lowest BCUT2D eigenvalue weighted by Gasteiger charge is -2.33. The van der Waals surface area contributed by atoms with E-state index in [4.69, 9.17) is 4.74 Å². The van der Waals surface area contributed by atoms with Crippen molar-refractivity contribution in [1.82, 2.24) is 0 Å². The van der Waals surface area contributed by atoms with Gasteiger partial charge in [-0.05, 0) is 74.1 Å². The Bertz CT molecular complexity index is 1010. The first-order valence-electron chi connectivity index (χ1n) is 10.6. The number of methoxy groups -OCH3 is 1. The van der Waals surface area contributed by atoms with E-state index >= 15 is 0 Å². The van der Waals surface area contributed by atoms with Gasteiger partial charge in [0.1, 0.15) is 5.75 Å². The van der Waals surface area contributed by atoms with Crippen LogP contribution in [0, 0.1) is 20.8 Å². The summed E-state index contributed by atoms with van der Waals surface area (Å²) in [6, 6.07) is 21.4. The van der Waals surface area contributed by atoms with E-state index in [9.17, 15) is 0 Å². The summed E-state index contributed by atoms with van der Waals surface area (Å²) in [6.07, 6.45) is 5.26. The summed E-state index contributed by atoms with van der Waals surface area (Å²) in [6.45, 7) is 11.0. The Kier molecular flexibility index (Phi) is 6.66. The maximum atomic E-state index is 5.30. The minimum Gasteiger partial charge on any atom is -0.497 e. The SMILES string of the molecule is CCC(C)(Nc1c(C)cc(C)cc1C)c1ccc(C=Cc2cccc(OC)c2)cc1. The molecule has 0 aliphatic rings. The second-order valence-electron chi connectivity index (χ2n) is 8.32. The third-order valence-corrected chi connectivity index (χ3v) is 5.89. The van der Waals surface area contributed by atoms with Crippen molar-refractivity contribution >= 4 is 17.8 Å². The minimum atomic E-state index is -0.125. The van der Waals surface area contributed by atoms with Gasteiger partial charge in [-0.15, -0.1) is 0 Å². The fraction of sp³-hybridized carbons (Fsp3) is 0.286. The molecule has 0 aromatic heterocycles. The number of benzene rings is 3. The molecule has 2 nitrogen and oxygen atoms in total. The normalized spacial score (nSPS) is 13.3. The van der Waals surface area contributed by atoms with Gasteiger partial charge in [0, 0.05) is 5.69 Å². The molecule has 0 saturated carbocycles. The first kappa shape index (κ1) is 21.7. The van der Waals surface area contributed by atoms with Gasteiger partial charge in [0.2, 0.25) is 0 Å². The van der Waals surface area contributed by atoms with Crippen LogP contribution in [0.15, 0.2) is 60.7 Å². The lowest BCUT2D eigenvalue weighted by Crippen LogP contribution is -2.31. The number of ether oxygens (including phenoxy) is 1. The molecule has 0 amide bonds. The second-order valence-corrected chi connectivity index (χ2v) is 8.32. The third-order valence-electron chi connectivity index (χ3n) is 5.89. The van der Waals surface area contributed by atoms with Crippen LogP contribution in [0.3, 0.4) is 0 Å². The number of hydrogen-bond donors (Lipinski definition) is 1. The number of rotatable bonds is 7. The molecule has 0 fully saturated rings. The number of aryl methyl sites for hydroxylation is 3. The monoisotopic (exact) mass is 399 g/mol. The molecule has 3 aromatic rings. The summed E-state index contributed by atoms with van der Waals surface area (Å²) in [5.74, 6) is 0.874.